The third kappa shape index (κ3) is 2.41. The Morgan fingerprint density at radius 2 is 2.10 bits per heavy atom. The Hall–Kier alpha value is -1.88. The lowest BCUT2D eigenvalue weighted by molar-refractivity contribution is 0.409. The summed E-state index contributed by atoms with van der Waals surface area (Å²) in [6, 6.07) is 6.17. The molecular weight excluding hydrogens is 252 g/mol. The molecule has 5 heteroatoms. The first-order chi connectivity index (χ1) is 9.79. The fourth-order valence-electron chi connectivity index (χ4n) is 2.78. The lowest BCUT2D eigenvalue weighted by Crippen LogP contribution is -2.28. The van der Waals surface area contributed by atoms with Crippen LogP contribution in [0, 0.1) is 6.92 Å². The van der Waals surface area contributed by atoms with Gasteiger partial charge in [-0.15, -0.1) is 10.2 Å². The van der Waals surface area contributed by atoms with Crippen molar-refractivity contribution in [3.05, 3.63) is 35.9 Å². The van der Waals surface area contributed by atoms with E-state index in [0.717, 1.165) is 43.2 Å². The number of piperidine rings is 1. The summed E-state index contributed by atoms with van der Waals surface area (Å²) >= 11 is 0. The molecule has 0 spiro atoms. The minimum Gasteiger partial charge on any atom is -0.495 e. The van der Waals surface area contributed by atoms with Crippen LogP contribution in [0.4, 0.5) is 0 Å². The molecule has 1 aromatic carbocycles. The van der Waals surface area contributed by atoms with E-state index in [2.05, 4.69) is 39.1 Å². The van der Waals surface area contributed by atoms with Gasteiger partial charge in [0.05, 0.1) is 12.8 Å². The number of hydrogen-bond acceptors (Lipinski definition) is 4. The van der Waals surface area contributed by atoms with E-state index in [1.807, 2.05) is 6.07 Å². The van der Waals surface area contributed by atoms with Crippen LogP contribution in [-0.4, -0.2) is 35.0 Å². The highest BCUT2D eigenvalue weighted by Gasteiger charge is 2.22. The monoisotopic (exact) mass is 272 g/mol. The Balaban J connectivity index is 2.02. The lowest BCUT2D eigenvalue weighted by atomic mass is 9.97. The first-order valence-electron chi connectivity index (χ1n) is 7.05. The molecule has 1 fully saturated rings. The van der Waals surface area contributed by atoms with Crippen LogP contribution in [0.25, 0.3) is 5.69 Å². The largest absolute Gasteiger partial charge is 0.495 e. The second kappa shape index (κ2) is 5.63. The highest BCUT2D eigenvalue weighted by molar-refractivity contribution is 5.49. The SMILES string of the molecule is COc1ccc(C)cc1-n1cnnc1C1CCNCC1. The summed E-state index contributed by atoms with van der Waals surface area (Å²) in [5, 5.41) is 11.9. The van der Waals surface area contributed by atoms with Gasteiger partial charge in [0.1, 0.15) is 17.9 Å². The van der Waals surface area contributed by atoms with Gasteiger partial charge in [0.15, 0.2) is 0 Å². The minimum atomic E-state index is 0.462. The zero-order chi connectivity index (χ0) is 13.9. The summed E-state index contributed by atoms with van der Waals surface area (Å²) in [4.78, 5) is 0. The van der Waals surface area contributed by atoms with Crippen LogP contribution >= 0.6 is 0 Å². The van der Waals surface area contributed by atoms with Crippen molar-refractivity contribution in [1.29, 1.82) is 0 Å². The Morgan fingerprint density at radius 3 is 2.85 bits per heavy atom. The van der Waals surface area contributed by atoms with E-state index in [9.17, 15) is 0 Å². The molecule has 20 heavy (non-hydrogen) atoms. The molecule has 1 N–H and O–H groups in total. The highest BCUT2D eigenvalue weighted by atomic mass is 16.5. The number of ether oxygens (including phenoxy) is 1. The number of benzene rings is 1. The van der Waals surface area contributed by atoms with Crippen LogP contribution in [0.1, 0.15) is 30.1 Å². The second-order valence-corrected chi connectivity index (χ2v) is 5.26. The molecule has 1 aliphatic rings. The third-order valence-electron chi connectivity index (χ3n) is 3.87. The molecule has 0 atom stereocenters. The lowest BCUT2D eigenvalue weighted by Gasteiger charge is -2.23. The molecule has 3 rings (SSSR count). The van der Waals surface area contributed by atoms with Crippen LogP contribution in [0.3, 0.4) is 0 Å². The van der Waals surface area contributed by atoms with Gasteiger partial charge in [0, 0.05) is 5.92 Å². The van der Waals surface area contributed by atoms with Crippen molar-refractivity contribution in [2.24, 2.45) is 0 Å². The number of aromatic nitrogens is 3. The van der Waals surface area contributed by atoms with Crippen molar-refractivity contribution in [2.75, 3.05) is 20.2 Å². The summed E-state index contributed by atoms with van der Waals surface area (Å²) in [6.07, 6.45) is 3.99. The maximum absolute atomic E-state index is 5.48. The summed E-state index contributed by atoms with van der Waals surface area (Å²) in [7, 11) is 1.70. The van der Waals surface area contributed by atoms with E-state index >= 15 is 0 Å². The van der Waals surface area contributed by atoms with Gasteiger partial charge in [0.2, 0.25) is 0 Å². The average molecular weight is 272 g/mol. The van der Waals surface area contributed by atoms with Crippen molar-refractivity contribution in [1.82, 2.24) is 20.1 Å². The highest BCUT2D eigenvalue weighted by Crippen LogP contribution is 2.29. The molecule has 1 saturated heterocycles. The van der Waals surface area contributed by atoms with Gasteiger partial charge in [-0.2, -0.15) is 0 Å². The van der Waals surface area contributed by atoms with Gasteiger partial charge < -0.3 is 10.1 Å². The van der Waals surface area contributed by atoms with Gasteiger partial charge >= 0.3 is 0 Å². The van der Waals surface area contributed by atoms with Crippen LogP contribution in [0.5, 0.6) is 5.75 Å². The van der Waals surface area contributed by atoms with E-state index in [1.165, 1.54) is 5.56 Å². The van der Waals surface area contributed by atoms with Gasteiger partial charge in [-0.25, -0.2) is 0 Å². The number of methoxy groups -OCH3 is 1. The first kappa shape index (κ1) is 13.1. The minimum absolute atomic E-state index is 0.462. The number of nitrogens with zero attached hydrogens (tertiary/aromatic N) is 3. The van der Waals surface area contributed by atoms with E-state index in [0.29, 0.717) is 5.92 Å². The molecular formula is C15H20N4O. The quantitative estimate of drug-likeness (QED) is 0.929. The maximum atomic E-state index is 5.48. The van der Waals surface area contributed by atoms with Gasteiger partial charge in [-0.05, 0) is 50.6 Å². The molecule has 1 aromatic heterocycles. The average Bonchev–Trinajstić information content (AvgIpc) is 2.97. The van der Waals surface area contributed by atoms with Crippen molar-refractivity contribution in [3.8, 4) is 11.4 Å². The zero-order valence-corrected chi connectivity index (χ0v) is 12.0. The van der Waals surface area contributed by atoms with Crippen LogP contribution in [0.15, 0.2) is 24.5 Å². The van der Waals surface area contributed by atoms with E-state index in [4.69, 9.17) is 4.74 Å². The summed E-state index contributed by atoms with van der Waals surface area (Å²) in [5.74, 6) is 2.35. The summed E-state index contributed by atoms with van der Waals surface area (Å²) < 4.78 is 7.55. The molecule has 106 valence electrons. The van der Waals surface area contributed by atoms with E-state index in [-0.39, 0.29) is 0 Å². The topological polar surface area (TPSA) is 52.0 Å². The number of hydrogen-bond donors (Lipinski definition) is 1. The molecule has 0 amide bonds. The Bertz CT molecular complexity index is 587. The molecule has 0 saturated carbocycles. The van der Waals surface area contributed by atoms with Crippen molar-refractivity contribution >= 4 is 0 Å². The number of aryl methyl sites for hydroxylation is 1. The standard InChI is InChI=1S/C15H20N4O/c1-11-3-4-14(20-2)13(9-11)19-10-17-18-15(19)12-5-7-16-8-6-12/h3-4,9-10,12,16H,5-8H2,1-2H3. The Labute approximate surface area is 119 Å². The molecule has 0 bridgehead atoms. The molecule has 0 radical (unpaired) electrons. The van der Waals surface area contributed by atoms with Crippen molar-refractivity contribution in [2.45, 2.75) is 25.7 Å². The molecule has 5 nitrogen and oxygen atoms in total. The fourth-order valence-corrected chi connectivity index (χ4v) is 2.78. The third-order valence-corrected chi connectivity index (χ3v) is 3.87. The van der Waals surface area contributed by atoms with Crippen LogP contribution < -0.4 is 10.1 Å². The predicted octanol–water partition coefficient (Wildman–Crippen LogP) is 2.05. The fraction of sp³-hybridized carbons (Fsp3) is 0.467. The first-order valence-corrected chi connectivity index (χ1v) is 7.05. The van der Waals surface area contributed by atoms with E-state index in [1.54, 1.807) is 13.4 Å². The molecule has 2 aromatic rings. The maximum Gasteiger partial charge on any atom is 0.142 e. The molecule has 1 aliphatic heterocycles. The molecule has 2 heterocycles. The normalized spacial score (nSPS) is 16.3. The van der Waals surface area contributed by atoms with Crippen molar-refractivity contribution < 1.29 is 4.74 Å². The second-order valence-electron chi connectivity index (χ2n) is 5.26. The van der Waals surface area contributed by atoms with Crippen LogP contribution in [0.2, 0.25) is 0 Å². The summed E-state index contributed by atoms with van der Waals surface area (Å²) in [6.45, 7) is 4.17. The molecule has 0 aliphatic carbocycles. The smallest absolute Gasteiger partial charge is 0.142 e. The Morgan fingerprint density at radius 1 is 1.30 bits per heavy atom. The Kier molecular flexibility index (Phi) is 3.69. The van der Waals surface area contributed by atoms with Gasteiger partial charge in [-0.1, -0.05) is 6.07 Å². The van der Waals surface area contributed by atoms with Crippen molar-refractivity contribution in [3.63, 3.8) is 0 Å². The van der Waals surface area contributed by atoms with Crippen LogP contribution in [-0.2, 0) is 0 Å². The predicted molar refractivity (Wildman–Crippen MR) is 77.5 cm³/mol. The zero-order valence-electron chi connectivity index (χ0n) is 12.0. The molecule has 0 unspecified atom stereocenters. The van der Waals surface area contributed by atoms with Gasteiger partial charge in [0.25, 0.3) is 0 Å². The van der Waals surface area contributed by atoms with Gasteiger partial charge in [-0.3, -0.25) is 4.57 Å². The number of rotatable bonds is 3. The summed E-state index contributed by atoms with van der Waals surface area (Å²) in [5.41, 5.74) is 2.22. The number of nitrogens with one attached hydrogen (secondary N) is 1. The van der Waals surface area contributed by atoms with E-state index < -0.39 is 0 Å².